The van der Waals surface area contributed by atoms with Crippen molar-refractivity contribution in [2.24, 2.45) is 0 Å². The fourth-order valence-electron chi connectivity index (χ4n) is 1.52. The summed E-state index contributed by atoms with van der Waals surface area (Å²) in [5.41, 5.74) is 8.42. The molecule has 0 aliphatic rings. The van der Waals surface area contributed by atoms with Crippen LogP contribution in [0.25, 0.3) is 0 Å². The highest BCUT2D eigenvalue weighted by Gasteiger charge is 2.08. The Balaban J connectivity index is 2.44. The molecule has 0 bridgehead atoms. The molecule has 0 aliphatic heterocycles. The number of hydrogen-bond donors (Lipinski definition) is 2. The molecule has 0 atom stereocenters. The fraction of sp³-hybridized carbons (Fsp3) is 0. The van der Waals surface area contributed by atoms with Gasteiger partial charge >= 0.3 is 0 Å². The minimum atomic E-state index is 0.447. The molecule has 0 radical (unpaired) electrons. The minimum Gasteiger partial charge on any atom is -0.396 e. The van der Waals surface area contributed by atoms with Gasteiger partial charge in [0, 0.05) is 8.95 Å². The quantitative estimate of drug-likeness (QED) is 0.774. The van der Waals surface area contributed by atoms with Crippen LogP contribution in [0, 0.1) is 11.3 Å². The summed E-state index contributed by atoms with van der Waals surface area (Å²) in [6.45, 7) is 0. The van der Waals surface area contributed by atoms with E-state index in [0.717, 1.165) is 14.6 Å². The van der Waals surface area contributed by atoms with Gasteiger partial charge in [0.1, 0.15) is 6.07 Å². The van der Waals surface area contributed by atoms with E-state index in [1.807, 2.05) is 24.3 Å². The molecule has 0 aromatic heterocycles. The van der Waals surface area contributed by atoms with Gasteiger partial charge in [0.15, 0.2) is 0 Å². The second kappa shape index (κ2) is 5.42. The van der Waals surface area contributed by atoms with Crippen LogP contribution in [0.5, 0.6) is 0 Å². The van der Waals surface area contributed by atoms with E-state index < -0.39 is 0 Å². The molecule has 0 saturated carbocycles. The third-order valence-electron chi connectivity index (χ3n) is 2.45. The largest absolute Gasteiger partial charge is 0.396 e. The van der Waals surface area contributed by atoms with Crippen LogP contribution in [-0.2, 0) is 0 Å². The second-order valence-corrected chi connectivity index (χ2v) is 5.31. The summed E-state index contributed by atoms with van der Waals surface area (Å²) < 4.78 is 1.83. The zero-order valence-electron chi connectivity index (χ0n) is 9.24. The highest BCUT2D eigenvalue weighted by atomic mass is 79.9. The molecule has 0 heterocycles. The lowest BCUT2D eigenvalue weighted by atomic mass is 10.1. The summed E-state index contributed by atoms with van der Waals surface area (Å²) >= 11 is 6.93. The van der Waals surface area contributed by atoms with E-state index in [1.54, 1.807) is 12.1 Å². The number of rotatable bonds is 2. The van der Waals surface area contributed by atoms with Crippen molar-refractivity contribution >= 4 is 48.9 Å². The van der Waals surface area contributed by atoms with Gasteiger partial charge in [-0.2, -0.15) is 5.26 Å². The van der Waals surface area contributed by atoms with E-state index in [2.05, 4.69) is 43.2 Å². The van der Waals surface area contributed by atoms with Crippen molar-refractivity contribution in [1.82, 2.24) is 0 Å². The molecule has 90 valence electrons. The van der Waals surface area contributed by atoms with Crippen molar-refractivity contribution in [3.8, 4) is 6.07 Å². The van der Waals surface area contributed by atoms with Crippen LogP contribution in [-0.4, -0.2) is 0 Å². The Kier molecular flexibility index (Phi) is 3.90. The first-order valence-corrected chi connectivity index (χ1v) is 6.71. The first-order chi connectivity index (χ1) is 8.63. The topological polar surface area (TPSA) is 61.8 Å². The molecule has 2 rings (SSSR count). The molecular formula is C13H9Br2N3. The van der Waals surface area contributed by atoms with Gasteiger partial charge in [-0.15, -0.1) is 0 Å². The number of nitrogen functional groups attached to an aromatic ring is 1. The summed E-state index contributed by atoms with van der Waals surface area (Å²) in [7, 11) is 0. The Morgan fingerprint density at radius 3 is 2.28 bits per heavy atom. The Morgan fingerprint density at radius 1 is 1.06 bits per heavy atom. The highest BCUT2D eigenvalue weighted by molar-refractivity contribution is 9.11. The van der Waals surface area contributed by atoms with Crippen molar-refractivity contribution in [3.05, 3.63) is 50.9 Å². The molecule has 0 spiro atoms. The summed E-state index contributed by atoms with van der Waals surface area (Å²) in [5, 5.41) is 12.2. The number of anilines is 3. The van der Waals surface area contributed by atoms with Gasteiger partial charge in [-0.3, -0.25) is 0 Å². The zero-order chi connectivity index (χ0) is 13.1. The van der Waals surface area contributed by atoms with Crippen LogP contribution in [0.2, 0.25) is 0 Å². The smallest absolute Gasteiger partial charge is 0.101 e. The van der Waals surface area contributed by atoms with Crippen molar-refractivity contribution in [2.45, 2.75) is 0 Å². The van der Waals surface area contributed by atoms with Crippen LogP contribution in [0.3, 0.4) is 0 Å². The maximum Gasteiger partial charge on any atom is 0.101 e. The van der Waals surface area contributed by atoms with E-state index in [9.17, 15) is 0 Å². The maximum atomic E-state index is 8.94. The van der Waals surface area contributed by atoms with E-state index in [1.165, 1.54) is 0 Å². The molecule has 5 heteroatoms. The standard InChI is InChI=1S/C13H9Br2N3/c14-9-4-2-5-10(15)13(9)18-11-6-1-3-8(7-16)12(11)17/h1-6,18H,17H2. The van der Waals surface area contributed by atoms with Gasteiger partial charge in [-0.05, 0) is 56.1 Å². The number of nitrogens with two attached hydrogens (primary N) is 1. The van der Waals surface area contributed by atoms with Gasteiger partial charge in [-0.1, -0.05) is 12.1 Å². The molecule has 18 heavy (non-hydrogen) atoms. The van der Waals surface area contributed by atoms with Gasteiger partial charge in [-0.25, -0.2) is 0 Å². The molecule has 0 fully saturated rings. The number of hydrogen-bond acceptors (Lipinski definition) is 3. The maximum absolute atomic E-state index is 8.94. The Bertz CT molecular complexity index is 612. The van der Waals surface area contributed by atoms with Crippen molar-refractivity contribution < 1.29 is 0 Å². The Hall–Kier alpha value is -1.51. The number of nitrogens with one attached hydrogen (secondary N) is 1. The molecule has 2 aromatic carbocycles. The lowest BCUT2D eigenvalue weighted by molar-refractivity contribution is 1.46. The lowest BCUT2D eigenvalue weighted by Gasteiger charge is -2.13. The molecule has 3 N–H and O–H groups in total. The van der Waals surface area contributed by atoms with E-state index in [-0.39, 0.29) is 0 Å². The monoisotopic (exact) mass is 365 g/mol. The van der Waals surface area contributed by atoms with Crippen LogP contribution in [0.4, 0.5) is 17.1 Å². The van der Waals surface area contributed by atoms with Gasteiger partial charge in [0.05, 0.1) is 22.6 Å². The third kappa shape index (κ3) is 2.50. The van der Waals surface area contributed by atoms with Crippen LogP contribution >= 0.6 is 31.9 Å². The van der Waals surface area contributed by atoms with Crippen LogP contribution in [0.1, 0.15) is 5.56 Å². The van der Waals surface area contributed by atoms with E-state index in [0.29, 0.717) is 16.9 Å². The van der Waals surface area contributed by atoms with Gasteiger partial charge in [0.25, 0.3) is 0 Å². The number of para-hydroxylation sites is 2. The van der Waals surface area contributed by atoms with Crippen LogP contribution in [0.15, 0.2) is 45.3 Å². The number of nitrogens with zero attached hydrogens (tertiary/aromatic N) is 1. The first kappa shape index (κ1) is 12.9. The Morgan fingerprint density at radius 2 is 1.67 bits per heavy atom. The van der Waals surface area contributed by atoms with Gasteiger partial charge < -0.3 is 11.1 Å². The molecule has 0 aliphatic carbocycles. The van der Waals surface area contributed by atoms with E-state index >= 15 is 0 Å². The average Bonchev–Trinajstić information content (AvgIpc) is 2.36. The lowest BCUT2D eigenvalue weighted by Crippen LogP contribution is -1.99. The summed E-state index contributed by atoms with van der Waals surface area (Å²) in [5.74, 6) is 0. The minimum absolute atomic E-state index is 0.447. The average molecular weight is 367 g/mol. The van der Waals surface area contributed by atoms with Crippen molar-refractivity contribution in [1.29, 1.82) is 5.26 Å². The fourth-order valence-corrected chi connectivity index (χ4v) is 2.72. The predicted molar refractivity (Wildman–Crippen MR) is 80.7 cm³/mol. The summed E-state index contributed by atoms with van der Waals surface area (Å²) in [4.78, 5) is 0. The number of benzene rings is 2. The number of halogens is 2. The van der Waals surface area contributed by atoms with Crippen molar-refractivity contribution in [3.63, 3.8) is 0 Å². The molecule has 0 saturated heterocycles. The molecule has 3 nitrogen and oxygen atoms in total. The SMILES string of the molecule is N#Cc1cccc(Nc2c(Br)cccc2Br)c1N. The second-order valence-electron chi connectivity index (χ2n) is 3.60. The molecule has 0 unspecified atom stereocenters. The zero-order valence-corrected chi connectivity index (χ0v) is 12.4. The summed E-state index contributed by atoms with van der Waals surface area (Å²) in [6.07, 6.45) is 0. The van der Waals surface area contributed by atoms with Crippen LogP contribution < -0.4 is 11.1 Å². The first-order valence-electron chi connectivity index (χ1n) is 5.13. The summed E-state index contributed by atoms with van der Waals surface area (Å²) in [6, 6.07) is 13.2. The third-order valence-corrected chi connectivity index (χ3v) is 3.77. The number of nitriles is 1. The predicted octanol–water partition coefficient (Wildman–Crippen LogP) is 4.41. The normalized spacial score (nSPS) is 9.83. The van der Waals surface area contributed by atoms with Crippen molar-refractivity contribution in [2.75, 3.05) is 11.1 Å². The molecule has 2 aromatic rings. The van der Waals surface area contributed by atoms with Gasteiger partial charge in [0.2, 0.25) is 0 Å². The Labute approximate surface area is 122 Å². The molecular weight excluding hydrogens is 358 g/mol. The van der Waals surface area contributed by atoms with E-state index in [4.69, 9.17) is 11.0 Å². The molecule has 0 amide bonds. The highest BCUT2D eigenvalue weighted by Crippen LogP contribution is 2.35.